The average Bonchev–Trinajstić information content (AvgIpc) is 2.64. The topological polar surface area (TPSA) is 67.8 Å². The van der Waals surface area contributed by atoms with Crippen molar-refractivity contribution in [1.82, 2.24) is 5.32 Å². The number of aliphatic carboxylic acids is 1. The number of benzene rings is 2. The van der Waals surface area contributed by atoms with Crippen molar-refractivity contribution in [2.24, 2.45) is 5.92 Å². The number of hydrogen-bond donors (Lipinski definition) is 2. The van der Waals surface area contributed by atoms with Gasteiger partial charge < -0.3 is 19.9 Å². The fraction of sp³-hybridized carbons (Fsp3) is 0.381. The number of nitrogens with one attached hydrogen (secondary N) is 1. The number of methoxy groups -OCH3 is 1. The minimum absolute atomic E-state index is 0.0762. The number of carboxylic acids is 1. The lowest BCUT2D eigenvalue weighted by Gasteiger charge is -2.19. The summed E-state index contributed by atoms with van der Waals surface area (Å²) in [4.78, 5) is 11.5. The minimum Gasteiger partial charge on any atom is -0.493 e. The van der Waals surface area contributed by atoms with E-state index in [2.05, 4.69) is 5.32 Å². The molecule has 0 amide bonds. The highest BCUT2D eigenvalue weighted by Crippen LogP contribution is 2.33. The predicted molar refractivity (Wildman–Crippen MR) is 106 cm³/mol. The molecule has 0 saturated heterocycles. The van der Waals surface area contributed by atoms with Crippen molar-refractivity contribution in [3.63, 3.8) is 0 Å². The standard InChI is InChI=1S/C21H25ClFNO4/c1-13(2)10-18(21(25)26)24-11-14-6-4-9-19(27-3)20(14)28-12-15-16(22)7-5-8-17(15)23/h4-9,13,18,24H,10-12H2,1-3H3,(H,25,26). The van der Waals surface area contributed by atoms with E-state index in [9.17, 15) is 14.3 Å². The summed E-state index contributed by atoms with van der Waals surface area (Å²) in [5.41, 5.74) is 0.957. The van der Waals surface area contributed by atoms with Crippen LogP contribution in [0.2, 0.25) is 5.02 Å². The Morgan fingerprint density at radius 3 is 2.57 bits per heavy atom. The first kappa shape index (κ1) is 22.0. The highest BCUT2D eigenvalue weighted by atomic mass is 35.5. The van der Waals surface area contributed by atoms with E-state index in [-0.39, 0.29) is 29.7 Å². The normalized spacial score (nSPS) is 12.1. The lowest BCUT2D eigenvalue weighted by molar-refractivity contribution is -0.140. The van der Waals surface area contributed by atoms with E-state index < -0.39 is 17.8 Å². The van der Waals surface area contributed by atoms with Gasteiger partial charge in [-0.3, -0.25) is 4.79 Å². The smallest absolute Gasteiger partial charge is 0.320 e. The third kappa shape index (κ3) is 5.84. The molecule has 0 heterocycles. The SMILES string of the molecule is COc1cccc(CNC(CC(C)C)C(=O)O)c1OCc1c(F)cccc1Cl. The van der Waals surface area contributed by atoms with Crippen LogP contribution in [0.3, 0.4) is 0 Å². The van der Waals surface area contributed by atoms with Crippen LogP contribution in [-0.4, -0.2) is 24.2 Å². The fourth-order valence-electron chi connectivity index (χ4n) is 2.82. The Hall–Kier alpha value is -2.31. The molecule has 28 heavy (non-hydrogen) atoms. The average molecular weight is 410 g/mol. The molecule has 2 rings (SSSR count). The van der Waals surface area contributed by atoms with E-state index >= 15 is 0 Å². The molecule has 0 aliphatic heterocycles. The quantitative estimate of drug-likeness (QED) is 0.597. The number of ether oxygens (including phenoxy) is 2. The molecular weight excluding hydrogens is 385 g/mol. The number of rotatable bonds is 10. The first-order chi connectivity index (χ1) is 13.3. The second kappa shape index (κ2) is 10.3. The van der Waals surface area contributed by atoms with Crippen molar-refractivity contribution in [2.45, 2.75) is 39.5 Å². The van der Waals surface area contributed by atoms with Crippen molar-refractivity contribution >= 4 is 17.6 Å². The van der Waals surface area contributed by atoms with E-state index in [1.165, 1.54) is 19.2 Å². The Morgan fingerprint density at radius 2 is 1.96 bits per heavy atom. The van der Waals surface area contributed by atoms with Gasteiger partial charge in [-0.1, -0.05) is 43.6 Å². The van der Waals surface area contributed by atoms with Crippen LogP contribution < -0.4 is 14.8 Å². The Labute approximate surface area is 169 Å². The van der Waals surface area contributed by atoms with Crippen molar-refractivity contribution in [3.8, 4) is 11.5 Å². The van der Waals surface area contributed by atoms with Crippen molar-refractivity contribution in [2.75, 3.05) is 7.11 Å². The highest BCUT2D eigenvalue weighted by Gasteiger charge is 2.20. The molecule has 0 aliphatic carbocycles. The second-order valence-corrected chi connectivity index (χ2v) is 7.25. The van der Waals surface area contributed by atoms with Gasteiger partial charge in [0.05, 0.1) is 12.1 Å². The molecule has 5 nitrogen and oxygen atoms in total. The molecule has 2 aromatic carbocycles. The molecule has 2 N–H and O–H groups in total. The summed E-state index contributed by atoms with van der Waals surface area (Å²) in [6, 6.07) is 9.08. The zero-order chi connectivity index (χ0) is 20.7. The minimum atomic E-state index is -0.905. The summed E-state index contributed by atoms with van der Waals surface area (Å²) in [6.07, 6.45) is 0.500. The Kier molecular flexibility index (Phi) is 8.08. The Morgan fingerprint density at radius 1 is 1.25 bits per heavy atom. The molecule has 152 valence electrons. The number of para-hydroxylation sites is 1. The summed E-state index contributed by atoms with van der Waals surface area (Å²) in [6.45, 7) is 4.13. The molecule has 0 saturated carbocycles. The summed E-state index contributed by atoms with van der Waals surface area (Å²) in [5.74, 6) is -0.229. The first-order valence-corrected chi connectivity index (χ1v) is 9.39. The summed E-state index contributed by atoms with van der Waals surface area (Å²) in [5, 5.41) is 12.7. The van der Waals surface area contributed by atoms with Crippen LogP contribution >= 0.6 is 11.6 Å². The third-order valence-corrected chi connectivity index (χ3v) is 4.60. The summed E-state index contributed by atoms with van der Waals surface area (Å²) >= 11 is 6.07. The van der Waals surface area contributed by atoms with Gasteiger partial charge in [-0.25, -0.2) is 4.39 Å². The van der Waals surface area contributed by atoms with Gasteiger partial charge in [-0.15, -0.1) is 0 Å². The molecule has 1 unspecified atom stereocenters. The van der Waals surface area contributed by atoms with Gasteiger partial charge in [0.15, 0.2) is 11.5 Å². The number of carboxylic acid groups (broad SMARTS) is 1. The lowest BCUT2D eigenvalue weighted by atomic mass is 10.0. The fourth-order valence-corrected chi connectivity index (χ4v) is 3.03. The van der Waals surface area contributed by atoms with Crippen LogP contribution in [0.5, 0.6) is 11.5 Å². The van der Waals surface area contributed by atoms with E-state index in [0.717, 1.165) is 0 Å². The monoisotopic (exact) mass is 409 g/mol. The predicted octanol–water partition coefficient (Wildman–Crippen LogP) is 4.66. The number of hydrogen-bond acceptors (Lipinski definition) is 4. The molecular formula is C21H25ClFNO4. The molecule has 0 aliphatic rings. The zero-order valence-corrected chi connectivity index (χ0v) is 16.9. The van der Waals surface area contributed by atoms with Crippen molar-refractivity contribution < 1.29 is 23.8 Å². The van der Waals surface area contributed by atoms with Crippen LogP contribution in [-0.2, 0) is 17.9 Å². The van der Waals surface area contributed by atoms with Gasteiger partial charge in [0.1, 0.15) is 18.5 Å². The second-order valence-electron chi connectivity index (χ2n) is 6.84. The molecule has 7 heteroatoms. The van der Waals surface area contributed by atoms with Gasteiger partial charge in [-0.05, 0) is 30.5 Å². The largest absolute Gasteiger partial charge is 0.493 e. The molecule has 0 bridgehead atoms. The maximum absolute atomic E-state index is 14.0. The Balaban J connectivity index is 2.20. The lowest BCUT2D eigenvalue weighted by Crippen LogP contribution is -2.37. The van der Waals surface area contributed by atoms with Crippen molar-refractivity contribution in [1.29, 1.82) is 0 Å². The van der Waals surface area contributed by atoms with Crippen LogP contribution in [0, 0.1) is 11.7 Å². The highest BCUT2D eigenvalue weighted by molar-refractivity contribution is 6.31. The molecule has 1 atom stereocenters. The van der Waals surface area contributed by atoms with E-state index in [0.29, 0.717) is 23.5 Å². The van der Waals surface area contributed by atoms with Crippen LogP contribution in [0.25, 0.3) is 0 Å². The van der Waals surface area contributed by atoms with Crippen molar-refractivity contribution in [3.05, 3.63) is 58.4 Å². The molecule has 0 fully saturated rings. The van der Waals surface area contributed by atoms with Crippen LogP contribution in [0.4, 0.5) is 4.39 Å². The van der Waals surface area contributed by atoms with Crippen LogP contribution in [0.1, 0.15) is 31.4 Å². The van der Waals surface area contributed by atoms with Gasteiger partial charge in [0.2, 0.25) is 0 Å². The Bertz CT molecular complexity index is 793. The maximum atomic E-state index is 14.0. The maximum Gasteiger partial charge on any atom is 0.320 e. The first-order valence-electron chi connectivity index (χ1n) is 9.01. The summed E-state index contributed by atoms with van der Waals surface area (Å²) < 4.78 is 25.2. The molecule has 2 aromatic rings. The van der Waals surface area contributed by atoms with Gasteiger partial charge in [0, 0.05) is 17.7 Å². The number of carbonyl (C=O) groups is 1. The molecule has 0 radical (unpaired) electrons. The van der Waals surface area contributed by atoms with Gasteiger partial charge in [-0.2, -0.15) is 0 Å². The van der Waals surface area contributed by atoms with Gasteiger partial charge >= 0.3 is 5.97 Å². The zero-order valence-electron chi connectivity index (χ0n) is 16.2. The van der Waals surface area contributed by atoms with Crippen LogP contribution in [0.15, 0.2) is 36.4 Å². The third-order valence-electron chi connectivity index (χ3n) is 4.25. The number of halogens is 2. The van der Waals surface area contributed by atoms with Gasteiger partial charge in [0.25, 0.3) is 0 Å². The molecule has 0 aromatic heterocycles. The molecule has 0 spiro atoms. The van der Waals surface area contributed by atoms with E-state index in [1.807, 2.05) is 19.9 Å². The summed E-state index contributed by atoms with van der Waals surface area (Å²) in [7, 11) is 1.51. The van der Waals surface area contributed by atoms with E-state index in [4.69, 9.17) is 21.1 Å². The van der Waals surface area contributed by atoms with E-state index in [1.54, 1.807) is 18.2 Å².